The lowest BCUT2D eigenvalue weighted by molar-refractivity contribution is 0.343. The van der Waals surface area contributed by atoms with Gasteiger partial charge in [0.1, 0.15) is 0 Å². The van der Waals surface area contributed by atoms with Crippen LogP contribution in [0.1, 0.15) is 39.5 Å². The van der Waals surface area contributed by atoms with Crippen molar-refractivity contribution in [3.05, 3.63) is 0 Å². The third-order valence-corrected chi connectivity index (χ3v) is 3.87. The number of aliphatic imine (C=N–C) groups is 1. The van der Waals surface area contributed by atoms with E-state index in [9.17, 15) is 0 Å². The van der Waals surface area contributed by atoms with E-state index in [0.29, 0.717) is 18.1 Å². The van der Waals surface area contributed by atoms with Crippen LogP contribution in [0, 0.1) is 11.8 Å². The van der Waals surface area contributed by atoms with Gasteiger partial charge in [0.05, 0.1) is 6.17 Å². The number of hydrogen-bond acceptors (Lipinski definition) is 3. The third-order valence-electron chi connectivity index (χ3n) is 3.87. The molecular weight excluding hydrogens is 198 g/mol. The molecule has 3 heteroatoms. The van der Waals surface area contributed by atoms with E-state index in [1.165, 1.54) is 25.7 Å². The van der Waals surface area contributed by atoms with E-state index >= 15 is 0 Å². The van der Waals surface area contributed by atoms with Gasteiger partial charge in [-0.25, -0.2) is 0 Å². The summed E-state index contributed by atoms with van der Waals surface area (Å²) in [5.41, 5.74) is 0. The Hall–Kier alpha value is -0.410. The first-order valence-corrected chi connectivity index (χ1v) is 6.74. The van der Waals surface area contributed by atoms with Gasteiger partial charge in [-0.05, 0) is 38.5 Å². The molecule has 2 fully saturated rings. The van der Waals surface area contributed by atoms with Crippen LogP contribution in [-0.4, -0.2) is 31.5 Å². The molecule has 0 amide bonds. The molecule has 1 saturated heterocycles. The Balaban J connectivity index is 1.72. The van der Waals surface area contributed by atoms with Crippen molar-refractivity contribution >= 4 is 6.21 Å². The van der Waals surface area contributed by atoms with Gasteiger partial charge in [0.15, 0.2) is 0 Å². The fourth-order valence-electron chi connectivity index (χ4n) is 2.54. The van der Waals surface area contributed by atoms with Gasteiger partial charge in [-0.1, -0.05) is 6.92 Å². The van der Waals surface area contributed by atoms with Crippen molar-refractivity contribution in [3.8, 4) is 0 Å². The van der Waals surface area contributed by atoms with Gasteiger partial charge in [-0.15, -0.1) is 0 Å². The molecule has 1 aliphatic heterocycles. The van der Waals surface area contributed by atoms with Crippen molar-refractivity contribution in [1.82, 2.24) is 10.6 Å². The molecule has 0 radical (unpaired) electrons. The molecule has 1 aliphatic carbocycles. The van der Waals surface area contributed by atoms with Crippen molar-refractivity contribution < 1.29 is 0 Å². The predicted molar refractivity (Wildman–Crippen MR) is 68.9 cm³/mol. The van der Waals surface area contributed by atoms with Crippen molar-refractivity contribution in [2.24, 2.45) is 16.8 Å². The van der Waals surface area contributed by atoms with Crippen LogP contribution in [0.5, 0.6) is 0 Å². The van der Waals surface area contributed by atoms with Crippen LogP contribution in [0.25, 0.3) is 0 Å². The summed E-state index contributed by atoms with van der Waals surface area (Å²) in [4.78, 5) is 4.76. The first-order valence-electron chi connectivity index (χ1n) is 6.74. The normalized spacial score (nSPS) is 41.4. The highest BCUT2D eigenvalue weighted by Gasteiger charge is 2.18. The van der Waals surface area contributed by atoms with Crippen molar-refractivity contribution in [3.63, 3.8) is 0 Å². The Morgan fingerprint density at radius 2 is 1.62 bits per heavy atom. The number of rotatable bonds is 2. The largest absolute Gasteiger partial charge is 0.301 e. The summed E-state index contributed by atoms with van der Waals surface area (Å²) < 4.78 is 0. The van der Waals surface area contributed by atoms with Crippen LogP contribution < -0.4 is 10.6 Å². The Kier molecular flexibility index (Phi) is 4.36. The zero-order valence-electron chi connectivity index (χ0n) is 10.6. The Labute approximate surface area is 99.1 Å². The smallest absolute Gasteiger partial charge is 0.0542 e. The standard InChI is InChI=1S/C13H25N3/c1-10-3-5-13(6-4-10)16-9-12-7-14-11(2)15-8-12/h9-15H,3-8H2,1-2H3. The van der Waals surface area contributed by atoms with E-state index in [1.54, 1.807) is 0 Å². The van der Waals surface area contributed by atoms with E-state index in [-0.39, 0.29) is 0 Å². The molecule has 2 rings (SSSR count). The van der Waals surface area contributed by atoms with Crippen LogP contribution >= 0.6 is 0 Å². The van der Waals surface area contributed by atoms with E-state index in [4.69, 9.17) is 4.99 Å². The Morgan fingerprint density at radius 3 is 2.25 bits per heavy atom. The maximum absolute atomic E-state index is 4.76. The highest BCUT2D eigenvalue weighted by Crippen LogP contribution is 2.25. The molecule has 0 aromatic carbocycles. The summed E-state index contributed by atoms with van der Waals surface area (Å²) in [6.07, 6.45) is 7.95. The van der Waals surface area contributed by atoms with Crippen molar-refractivity contribution in [2.45, 2.75) is 51.7 Å². The van der Waals surface area contributed by atoms with Gasteiger partial charge in [0.2, 0.25) is 0 Å². The molecular formula is C13H25N3. The van der Waals surface area contributed by atoms with Gasteiger partial charge in [-0.3, -0.25) is 4.99 Å². The van der Waals surface area contributed by atoms with Crippen LogP contribution in [-0.2, 0) is 0 Å². The minimum absolute atomic E-state index is 0.459. The number of nitrogens with zero attached hydrogens (tertiary/aromatic N) is 1. The van der Waals surface area contributed by atoms with Gasteiger partial charge in [0.25, 0.3) is 0 Å². The molecule has 3 nitrogen and oxygen atoms in total. The number of hydrogen-bond donors (Lipinski definition) is 2. The minimum atomic E-state index is 0.459. The molecule has 16 heavy (non-hydrogen) atoms. The molecule has 0 spiro atoms. The molecule has 0 aromatic heterocycles. The average Bonchev–Trinajstić information content (AvgIpc) is 2.30. The van der Waals surface area contributed by atoms with Gasteiger partial charge in [-0.2, -0.15) is 0 Å². The summed E-state index contributed by atoms with van der Waals surface area (Å²) in [5.74, 6) is 1.50. The first-order chi connectivity index (χ1) is 7.74. The van der Waals surface area contributed by atoms with Crippen molar-refractivity contribution in [2.75, 3.05) is 13.1 Å². The zero-order valence-corrected chi connectivity index (χ0v) is 10.6. The lowest BCUT2D eigenvalue weighted by Gasteiger charge is -2.27. The molecule has 2 N–H and O–H groups in total. The second-order valence-electron chi connectivity index (χ2n) is 5.51. The van der Waals surface area contributed by atoms with Crippen LogP contribution in [0.3, 0.4) is 0 Å². The second kappa shape index (κ2) is 5.78. The molecule has 0 aromatic rings. The van der Waals surface area contributed by atoms with E-state index < -0.39 is 0 Å². The number of nitrogens with one attached hydrogen (secondary N) is 2. The lowest BCUT2D eigenvalue weighted by Crippen LogP contribution is -2.51. The predicted octanol–water partition coefficient (Wildman–Crippen LogP) is 1.79. The fraction of sp³-hybridized carbons (Fsp3) is 0.923. The zero-order chi connectivity index (χ0) is 11.4. The highest BCUT2D eigenvalue weighted by molar-refractivity contribution is 5.61. The molecule has 0 unspecified atom stereocenters. The lowest BCUT2D eigenvalue weighted by atomic mass is 9.88. The monoisotopic (exact) mass is 223 g/mol. The molecule has 1 saturated carbocycles. The van der Waals surface area contributed by atoms with E-state index in [1.807, 2.05) is 0 Å². The quantitative estimate of drug-likeness (QED) is 0.700. The minimum Gasteiger partial charge on any atom is -0.301 e. The van der Waals surface area contributed by atoms with Crippen LogP contribution in [0.4, 0.5) is 0 Å². The molecule has 0 atom stereocenters. The Bertz CT molecular complexity index is 199. The van der Waals surface area contributed by atoms with Crippen LogP contribution in [0.2, 0.25) is 0 Å². The second-order valence-corrected chi connectivity index (χ2v) is 5.51. The fourth-order valence-corrected chi connectivity index (χ4v) is 2.54. The summed E-state index contributed by atoms with van der Waals surface area (Å²) in [6.45, 7) is 6.66. The molecule has 1 heterocycles. The van der Waals surface area contributed by atoms with Gasteiger partial charge in [0, 0.05) is 31.3 Å². The molecule has 92 valence electrons. The molecule has 0 bridgehead atoms. The summed E-state index contributed by atoms with van der Waals surface area (Å²) in [6, 6.07) is 0.607. The maximum Gasteiger partial charge on any atom is 0.0542 e. The summed E-state index contributed by atoms with van der Waals surface area (Å²) >= 11 is 0. The topological polar surface area (TPSA) is 36.4 Å². The first kappa shape index (κ1) is 12.1. The average molecular weight is 223 g/mol. The van der Waals surface area contributed by atoms with Crippen LogP contribution in [0.15, 0.2) is 4.99 Å². The highest BCUT2D eigenvalue weighted by atomic mass is 15.1. The summed E-state index contributed by atoms with van der Waals surface area (Å²) in [7, 11) is 0. The molecule has 2 aliphatic rings. The third kappa shape index (κ3) is 3.56. The Morgan fingerprint density at radius 1 is 1.00 bits per heavy atom. The SMILES string of the molecule is CC1CCC(N=CC2CNC(C)NC2)CC1. The maximum atomic E-state index is 4.76. The van der Waals surface area contributed by atoms with Gasteiger partial charge >= 0.3 is 0 Å². The van der Waals surface area contributed by atoms with Gasteiger partial charge < -0.3 is 10.6 Å². The van der Waals surface area contributed by atoms with Crippen molar-refractivity contribution in [1.29, 1.82) is 0 Å². The van der Waals surface area contributed by atoms with E-state index in [2.05, 4.69) is 30.7 Å². The summed E-state index contributed by atoms with van der Waals surface area (Å²) in [5, 5.41) is 6.85. The van der Waals surface area contributed by atoms with E-state index in [0.717, 1.165) is 19.0 Å².